The van der Waals surface area contributed by atoms with E-state index in [1.165, 1.54) is 5.56 Å². The van der Waals surface area contributed by atoms with Crippen LogP contribution in [0.15, 0.2) is 30.3 Å². The molecule has 0 heterocycles. The third kappa shape index (κ3) is 7.65. The fraction of sp³-hybridized carbons (Fsp3) is 0.708. The van der Waals surface area contributed by atoms with Crippen molar-refractivity contribution in [2.45, 2.75) is 85.2 Å². The van der Waals surface area contributed by atoms with Crippen molar-refractivity contribution < 1.29 is 14.3 Å². The first-order chi connectivity index (χ1) is 13.0. The largest absolute Gasteiger partial charge is 0.464 e. The van der Waals surface area contributed by atoms with Crippen LogP contribution in [0.3, 0.4) is 0 Å². The van der Waals surface area contributed by atoms with E-state index in [2.05, 4.69) is 52.0 Å². The molecule has 3 nitrogen and oxygen atoms in total. The first-order valence-electron chi connectivity index (χ1n) is 10.8. The minimum atomic E-state index is -0.825. The molecule has 2 atom stereocenters. The van der Waals surface area contributed by atoms with E-state index in [0.29, 0.717) is 25.6 Å². The molecule has 154 valence electrons. The lowest BCUT2D eigenvalue weighted by molar-refractivity contribution is -0.184. The average Bonchev–Trinajstić information content (AvgIpc) is 2.67. The first kappa shape index (κ1) is 23.7. The molecule has 0 aromatic heterocycles. The van der Waals surface area contributed by atoms with E-state index >= 15 is 0 Å². The van der Waals surface area contributed by atoms with Crippen molar-refractivity contribution in [1.29, 1.82) is 0 Å². The Bertz CT molecular complexity index is 512. The Hall–Kier alpha value is -1.35. The van der Waals surface area contributed by atoms with Crippen molar-refractivity contribution in [3.63, 3.8) is 0 Å². The maximum atomic E-state index is 13.1. The molecular formula is C24H40O3. The molecule has 0 radical (unpaired) electrons. The zero-order valence-electron chi connectivity index (χ0n) is 18.1. The maximum absolute atomic E-state index is 13.1. The van der Waals surface area contributed by atoms with Crippen LogP contribution in [-0.2, 0) is 20.7 Å². The van der Waals surface area contributed by atoms with Gasteiger partial charge in [0, 0.05) is 6.61 Å². The number of aryl methyl sites for hydroxylation is 1. The zero-order valence-corrected chi connectivity index (χ0v) is 18.1. The fourth-order valence-corrected chi connectivity index (χ4v) is 3.62. The van der Waals surface area contributed by atoms with E-state index in [9.17, 15) is 4.79 Å². The first-order valence-corrected chi connectivity index (χ1v) is 10.8. The summed E-state index contributed by atoms with van der Waals surface area (Å²) in [6.45, 7) is 11.7. The van der Waals surface area contributed by atoms with Crippen LogP contribution in [0.4, 0.5) is 0 Å². The monoisotopic (exact) mass is 376 g/mol. The number of hydrogen-bond donors (Lipinski definition) is 0. The molecule has 1 aromatic carbocycles. The summed E-state index contributed by atoms with van der Waals surface area (Å²) in [7, 11) is 0. The molecule has 0 spiro atoms. The van der Waals surface area contributed by atoms with Crippen molar-refractivity contribution in [2.75, 3.05) is 13.2 Å². The molecule has 0 saturated heterocycles. The molecule has 3 heteroatoms. The lowest BCUT2D eigenvalue weighted by Gasteiger charge is -2.38. The molecule has 27 heavy (non-hydrogen) atoms. The van der Waals surface area contributed by atoms with E-state index < -0.39 is 5.60 Å². The van der Waals surface area contributed by atoms with Gasteiger partial charge in [0.25, 0.3) is 0 Å². The van der Waals surface area contributed by atoms with Gasteiger partial charge in [-0.25, -0.2) is 4.79 Å². The van der Waals surface area contributed by atoms with Crippen molar-refractivity contribution in [2.24, 2.45) is 11.8 Å². The number of rotatable bonds is 14. The molecule has 0 bridgehead atoms. The Kier molecular flexibility index (Phi) is 11.3. The summed E-state index contributed by atoms with van der Waals surface area (Å²) in [4.78, 5) is 13.1. The van der Waals surface area contributed by atoms with Gasteiger partial charge in [-0.15, -0.1) is 0 Å². The minimum absolute atomic E-state index is 0.165. The van der Waals surface area contributed by atoms with E-state index in [-0.39, 0.29) is 11.9 Å². The van der Waals surface area contributed by atoms with E-state index in [1.807, 2.05) is 13.0 Å². The fourth-order valence-electron chi connectivity index (χ4n) is 3.62. The van der Waals surface area contributed by atoms with Gasteiger partial charge < -0.3 is 9.47 Å². The highest BCUT2D eigenvalue weighted by molar-refractivity contribution is 5.80. The summed E-state index contributed by atoms with van der Waals surface area (Å²) in [5, 5.41) is 0. The standard InChI is InChI=1S/C24H40O3/c1-6-12-22(16-15-21-13-10-9-11-14-21)24(8-3,23(25)26-18-7-2)27-19-17-20(4)5/h9-11,13-14,20,22H,6-8,12,15-19H2,1-5H3. The van der Waals surface area contributed by atoms with Gasteiger partial charge >= 0.3 is 5.97 Å². The van der Waals surface area contributed by atoms with Crippen molar-refractivity contribution >= 4 is 5.97 Å². The molecule has 2 unspecified atom stereocenters. The molecule has 0 N–H and O–H groups in total. The average molecular weight is 377 g/mol. The Balaban J connectivity index is 3.00. The van der Waals surface area contributed by atoms with Gasteiger partial charge in [0.1, 0.15) is 0 Å². The summed E-state index contributed by atoms with van der Waals surface area (Å²) in [5.41, 5.74) is 0.488. The summed E-state index contributed by atoms with van der Waals surface area (Å²) in [6, 6.07) is 10.5. The highest BCUT2D eigenvalue weighted by Crippen LogP contribution is 2.35. The van der Waals surface area contributed by atoms with Crippen LogP contribution >= 0.6 is 0 Å². The van der Waals surface area contributed by atoms with Crippen LogP contribution < -0.4 is 0 Å². The van der Waals surface area contributed by atoms with Crippen molar-refractivity contribution in [3.05, 3.63) is 35.9 Å². The Morgan fingerprint density at radius 2 is 1.67 bits per heavy atom. The smallest absolute Gasteiger partial charge is 0.338 e. The molecule has 0 amide bonds. The molecule has 0 aliphatic rings. The zero-order chi connectivity index (χ0) is 20.1. The highest BCUT2D eigenvalue weighted by Gasteiger charge is 2.46. The highest BCUT2D eigenvalue weighted by atomic mass is 16.6. The van der Waals surface area contributed by atoms with Gasteiger partial charge in [-0.3, -0.25) is 0 Å². The minimum Gasteiger partial charge on any atom is -0.464 e. The van der Waals surface area contributed by atoms with Gasteiger partial charge in [-0.05, 0) is 55.9 Å². The number of carbonyl (C=O) groups excluding carboxylic acids is 1. The third-order valence-corrected chi connectivity index (χ3v) is 5.28. The van der Waals surface area contributed by atoms with Crippen molar-refractivity contribution in [1.82, 2.24) is 0 Å². The number of ether oxygens (including phenoxy) is 2. The van der Waals surface area contributed by atoms with Gasteiger partial charge in [-0.2, -0.15) is 0 Å². The van der Waals surface area contributed by atoms with Gasteiger partial charge in [0.15, 0.2) is 5.60 Å². The lowest BCUT2D eigenvalue weighted by Crippen LogP contribution is -2.49. The van der Waals surface area contributed by atoms with E-state index in [1.54, 1.807) is 0 Å². The molecule has 0 aliphatic heterocycles. The second kappa shape index (κ2) is 12.9. The quantitative estimate of drug-likeness (QED) is 0.363. The summed E-state index contributed by atoms with van der Waals surface area (Å²) in [6.07, 6.45) is 6.36. The molecule has 0 fully saturated rings. The van der Waals surface area contributed by atoms with Crippen LogP contribution in [-0.4, -0.2) is 24.8 Å². The molecular weight excluding hydrogens is 336 g/mol. The predicted molar refractivity (Wildman–Crippen MR) is 113 cm³/mol. The van der Waals surface area contributed by atoms with Gasteiger partial charge in [-0.1, -0.05) is 71.4 Å². The van der Waals surface area contributed by atoms with Crippen LogP contribution in [0.1, 0.15) is 78.7 Å². The van der Waals surface area contributed by atoms with Crippen LogP contribution in [0.5, 0.6) is 0 Å². The molecule has 0 saturated carbocycles. The normalized spacial score (nSPS) is 14.7. The Morgan fingerprint density at radius 1 is 0.963 bits per heavy atom. The molecule has 1 aromatic rings. The van der Waals surface area contributed by atoms with Crippen LogP contribution in [0.25, 0.3) is 0 Å². The maximum Gasteiger partial charge on any atom is 0.338 e. The Labute approximate surface area is 166 Å². The predicted octanol–water partition coefficient (Wildman–Crippen LogP) is 6.20. The number of carbonyl (C=O) groups is 1. The number of hydrogen-bond acceptors (Lipinski definition) is 3. The van der Waals surface area contributed by atoms with E-state index in [0.717, 1.165) is 38.5 Å². The molecule has 1 rings (SSSR count). The summed E-state index contributed by atoms with van der Waals surface area (Å²) in [5.74, 6) is 0.562. The van der Waals surface area contributed by atoms with Gasteiger partial charge in [0.05, 0.1) is 6.61 Å². The third-order valence-electron chi connectivity index (χ3n) is 5.28. The topological polar surface area (TPSA) is 35.5 Å². The van der Waals surface area contributed by atoms with Crippen LogP contribution in [0.2, 0.25) is 0 Å². The van der Waals surface area contributed by atoms with Crippen LogP contribution in [0, 0.1) is 11.8 Å². The summed E-state index contributed by atoms with van der Waals surface area (Å²) < 4.78 is 12.0. The SMILES string of the molecule is CCCOC(=O)C(CC)(OCCC(C)C)C(CCC)CCc1ccccc1. The number of benzene rings is 1. The summed E-state index contributed by atoms with van der Waals surface area (Å²) >= 11 is 0. The number of esters is 1. The lowest BCUT2D eigenvalue weighted by atomic mass is 9.78. The second-order valence-electron chi connectivity index (χ2n) is 7.92. The Morgan fingerprint density at radius 3 is 2.22 bits per heavy atom. The second-order valence-corrected chi connectivity index (χ2v) is 7.92. The van der Waals surface area contributed by atoms with E-state index in [4.69, 9.17) is 9.47 Å². The van der Waals surface area contributed by atoms with Gasteiger partial charge in [0.2, 0.25) is 0 Å². The molecule has 0 aliphatic carbocycles. The van der Waals surface area contributed by atoms with Crippen molar-refractivity contribution in [3.8, 4) is 0 Å².